The number of amides is 1. The van der Waals surface area contributed by atoms with Gasteiger partial charge < -0.3 is 14.8 Å². The van der Waals surface area contributed by atoms with Crippen LogP contribution in [0.25, 0.3) is 0 Å². The number of carbonyl (C=O) groups is 1. The summed E-state index contributed by atoms with van der Waals surface area (Å²) in [6.07, 6.45) is 6.87. The molecule has 27 heavy (non-hydrogen) atoms. The van der Waals surface area contributed by atoms with Crippen molar-refractivity contribution in [2.45, 2.75) is 51.7 Å². The van der Waals surface area contributed by atoms with Gasteiger partial charge in [-0.15, -0.1) is 0 Å². The minimum absolute atomic E-state index is 0.169. The van der Waals surface area contributed by atoms with Crippen molar-refractivity contribution < 1.29 is 14.3 Å². The Morgan fingerprint density at radius 3 is 2.41 bits per heavy atom. The van der Waals surface area contributed by atoms with Crippen LogP contribution in [0, 0.1) is 5.92 Å². The molecule has 1 aliphatic carbocycles. The van der Waals surface area contributed by atoms with Gasteiger partial charge in [0.2, 0.25) is 5.91 Å². The van der Waals surface area contributed by atoms with Crippen molar-refractivity contribution in [2.75, 3.05) is 7.11 Å². The Labute approximate surface area is 161 Å². The summed E-state index contributed by atoms with van der Waals surface area (Å²) in [4.78, 5) is 12.4. The maximum absolute atomic E-state index is 12.4. The van der Waals surface area contributed by atoms with Crippen molar-refractivity contribution in [1.29, 1.82) is 0 Å². The molecular formula is C23H29NO3. The molecule has 1 N–H and O–H groups in total. The fourth-order valence-electron chi connectivity index (χ4n) is 3.55. The van der Waals surface area contributed by atoms with Crippen LogP contribution in [0.3, 0.4) is 0 Å². The van der Waals surface area contributed by atoms with Crippen LogP contribution in [0.4, 0.5) is 0 Å². The molecule has 144 valence electrons. The molecule has 0 aromatic heterocycles. The lowest BCUT2D eigenvalue weighted by Crippen LogP contribution is -2.30. The number of carbonyl (C=O) groups excluding carboxylic acids is 1. The second-order valence-electron chi connectivity index (χ2n) is 7.17. The van der Waals surface area contributed by atoms with Crippen molar-refractivity contribution in [3.8, 4) is 11.5 Å². The fraction of sp³-hybridized carbons (Fsp3) is 0.435. The van der Waals surface area contributed by atoms with Crippen LogP contribution in [0.15, 0.2) is 48.5 Å². The van der Waals surface area contributed by atoms with Gasteiger partial charge in [-0.25, -0.2) is 0 Å². The summed E-state index contributed by atoms with van der Waals surface area (Å²) in [6.45, 7) is 1.01. The Hall–Kier alpha value is -2.49. The first kappa shape index (κ1) is 19.3. The smallest absolute Gasteiger partial charge is 0.223 e. The van der Waals surface area contributed by atoms with E-state index in [0.29, 0.717) is 24.7 Å². The molecule has 0 spiro atoms. The molecule has 1 fully saturated rings. The molecule has 1 amide bonds. The van der Waals surface area contributed by atoms with Gasteiger partial charge in [0.15, 0.2) is 11.5 Å². The van der Waals surface area contributed by atoms with Crippen LogP contribution in [0.5, 0.6) is 11.5 Å². The summed E-state index contributed by atoms with van der Waals surface area (Å²) < 4.78 is 11.4. The molecule has 4 nitrogen and oxygen atoms in total. The zero-order chi connectivity index (χ0) is 18.9. The fourth-order valence-corrected chi connectivity index (χ4v) is 3.55. The third-order valence-electron chi connectivity index (χ3n) is 5.16. The summed E-state index contributed by atoms with van der Waals surface area (Å²) in [6, 6.07) is 15.9. The summed E-state index contributed by atoms with van der Waals surface area (Å²) in [5, 5.41) is 3.09. The van der Waals surface area contributed by atoms with E-state index in [2.05, 4.69) is 5.32 Å². The highest BCUT2D eigenvalue weighted by Crippen LogP contribution is 2.29. The van der Waals surface area contributed by atoms with Gasteiger partial charge in [-0.2, -0.15) is 0 Å². The van der Waals surface area contributed by atoms with Gasteiger partial charge in [-0.1, -0.05) is 62.1 Å². The number of hydrogen-bond donors (Lipinski definition) is 1. The van der Waals surface area contributed by atoms with E-state index in [9.17, 15) is 4.79 Å². The van der Waals surface area contributed by atoms with Crippen LogP contribution >= 0.6 is 0 Å². The largest absolute Gasteiger partial charge is 0.493 e. The minimum atomic E-state index is 0.169. The van der Waals surface area contributed by atoms with Crippen molar-refractivity contribution in [3.05, 3.63) is 59.7 Å². The highest BCUT2D eigenvalue weighted by molar-refractivity contribution is 5.78. The first-order valence-corrected chi connectivity index (χ1v) is 9.87. The molecule has 0 saturated heterocycles. The summed E-state index contributed by atoms with van der Waals surface area (Å²) in [5.41, 5.74) is 2.13. The van der Waals surface area contributed by atoms with Gasteiger partial charge in [0, 0.05) is 12.5 Å². The lowest BCUT2D eigenvalue weighted by atomic mass is 9.99. The number of nitrogens with one attached hydrogen (secondary N) is 1. The standard InChI is InChI=1S/C23H29NO3/c1-26-22-15-19(16-24-23(25)20-11-7-2-3-8-12-20)13-14-21(22)27-17-18-9-5-4-6-10-18/h4-6,9-10,13-15,20H,2-3,7-8,11-12,16-17H2,1H3,(H,24,25). The predicted octanol–water partition coefficient (Wildman–Crippen LogP) is 4.86. The van der Waals surface area contributed by atoms with Gasteiger partial charge in [0.25, 0.3) is 0 Å². The van der Waals surface area contributed by atoms with Crippen LogP contribution in [0.1, 0.15) is 49.7 Å². The van der Waals surface area contributed by atoms with Crippen LogP contribution in [0.2, 0.25) is 0 Å². The maximum atomic E-state index is 12.4. The van der Waals surface area contributed by atoms with Gasteiger partial charge in [-0.05, 0) is 36.1 Å². The second-order valence-corrected chi connectivity index (χ2v) is 7.17. The van der Waals surface area contributed by atoms with Crippen molar-refractivity contribution >= 4 is 5.91 Å². The Bertz CT molecular complexity index is 722. The lowest BCUT2D eigenvalue weighted by Gasteiger charge is -2.15. The van der Waals surface area contributed by atoms with E-state index in [4.69, 9.17) is 9.47 Å². The third kappa shape index (κ3) is 5.75. The summed E-state index contributed by atoms with van der Waals surface area (Å²) >= 11 is 0. The van der Waals surface area contributed by atoms with E-state index in [-0.39, 0.29) is 11.8 Å². The average molecular weight is 367 g/mol. The summed E-state index contributed by atoms with van der Waals surface area (Å²) in [5.74, 6) is 1.75. The number of hydrogen-bond acceptors (Lipinski definition) is 3. The zero-order valence-electron chi connectivity index (χ0n) is 16.1. The molecule has 0 unspecified atom stereocenters. The molecular weight excluding hydrogens is 338 g/mol. The van der Waals surface area contributed by atoms with Crippen molar-refractivity contribution in [1.82, 2.24) is 5.32 Å². The first-order valence-electron chi connectivity index (χ1n) is 9.87. The first-order chi connectivity index (χ1) is 13.3. The molecule has 0 atom stereocenters. The van der Waals surface area contributed by atoms with Crippen molar-refractivity contribution in [2.24, 2.45) is 5.92 Å². The molecule has 0 aliphatic heterocycles. The van der Waals surface area contributed by atoms with Gasteiger partial charge in [0.1, 0.15) is 6.61 Å². The number of rotatable bonds is 7. The lowest BCUT2D eigenvalue weighted by molar-refractivity contribution is -0.125. The van der Waals surface area contributed by atoms with Crippen LogP contribution in [-0.2, 0) is 17.9 Å². The third-order valence-corrected chi connectivity index (χ3v) is 5.16. The Morgan fingerprint density at radius 1 is 0.963 bits per heavy atom. The molecule has 3 rings (SSSR count). The van der Waals surface area contributed by atoms with E-state index in [0.717, 1.165) is 24.0 Å². The van der Waals surface area contributed by atoms with E-state index >= 15 is 0 Å². The predicted molar refractivity (Wildman–Crippen MR) is 107 cm³/mol. The number of benzene rings is 2. The normalized spacial score (nSPS) is 15.0. The van der Waals surface area contributed by atoms with Crippen molar-refractivity contribution in [3.63, 3.8) is 0 Å². The molecule has 0 radical (unpaired) electrons. The molecule has 4 heteroatoms. The average Bonchev–Trinajstić information content (AvgIpc) is 3.01. The van der Waals surface area contributed by atoms with E-state index in [1.54, 1.807) is 7.11 Å². The SMILES string of the molecule is COc1cc(CNC(=O)C2CCCCCC2)ccc1OCc1ccccc1. The van der Waals surface area contributed by atoms with Gasteiger partial charge in [0.05, 0.1) is 7.11 Å². The highest BCUT2D eigenvalue weighted by Gasteiger charge is 2.19. The second kappa shape index (κ2) is 10.0. The summed E-state index contributed by atoms with van der Waals surface area (Å²) in [7, 11) is 1.64. The van der Waals surface area contributed by atoms with Crippen LogP contribution < -0.4 is 14.8 Å². The minimum Gasteiger partial charge on any atom is -0.493 e. The molecule has 0 bridgehead atoms. The Kier molecular flexibility index (Phi) is 7.14. The van der Waals surface area contributed by atoms with Gasteiger partial charge >= 0.3 is 0 Å². The molecule has 2 aromatic carbocycles. The number of methoxy groups -OCH3 is 1. The molecule has 1 saturated carbocycles. The number of ether oxygens (including phenoxy) is 2. The highest BCUT2D eigenvalue weighted by atomic mass is 16.5. The van der Waals surface area contributed by atoms with E-state index < -0.39 is 0 Å². The Morgan fingerprint density at radius 2 is 1.70 bits per heavy atom. The van der Waals surface area contributed by atoms with E-state index in [1.807, 2.05) is 48.5 Å². The topological polar surface area (TPSA) is 47.6 Å². The monoisotopic (exact) mass is 367 g/mol. The van der Waals surface area contributed by atoms with E-state index in [1.165, 1.54) is 25.7 Å². The zero-order valence-corrected chi connectivity index (χ0v) is 16.1. The Balaban J connectivity index is 1.56. The quantitative estimate of drug-likeness (QED) is 0.711. The molecule has 2 aromatic rings. The van der Waals surface area contributed by atoms with Gasteiger partial charge in [-0.3, -0.25) is 4.79 Å². The maximum Gasteiger partial charge on any atom is 0.223 e. The molecule has 1 aliphatic rings. The molecule has 0 heterocycles. The van der Waals surface area contributed by atoms with Crippen LogP contribution in [-0.4, -0.2) is 13.0 Å².